The van der Waals surface area contributed by atoms with Crippen LogP contribution in [-0.4, -0.2) is 27.9 Å². The van der Waals surface area contributed by atoms with E-state index < -0.39 is 10.0 Å². The molecule has 124 valence electrons. The Labute approximate surface area is 133 Å². The van der Waals surface area contributed by atoms with Gasteiger partial charge in [-0.15, -0.1) is 0 Å². The van der Waals surface area contributed by atoms with Gasteiger partial charge in [-0.1, -0.05) is 32.9 Å². The minimum absolute atomic E-state index is 0.0372. The normalized spacial score (nSPS) is 12.3. The van der Waals surface area contributed by atoms with Gasteiger partial charge < -0.3 is 5.32 Å². The quantitative estimate of drug-likeness (QED) is 0.869. The molecule has 5 nitrogen and oxygen atoms in total. The number of carbonyl (C=O) groups is 1. The fourth-order valence-electron chi connectivity index (χ4n) is 2.30. The van der Waals surface area contributed by atoms with Crippen LogP contribution in [0.25, 0.3) is 0 Å². The van der Waals surface area contributed by atoms with Crippen LogP contribution in [0.4, 0.5) is 0 Å². The van der Waals surface area contributed by atoms with E-state index in [1.807, 2.05) is 12.1 Å². The summed E-state index contributed by atoms with van der Waals surface area (Å²) in [6, 6.07) is 3.83. The van der Waals surface area contributed by atoms with E-state index in [-0.39, 0.29) is 24.3 Å². The molecule has 0 unspecified atom stereocenters. The molecule has 0 aliphatic heterocycles. The Morgan fingerprint density at radius 3 is 2.05 bits per heavy atom. The van der Waals surface area contributed by atoms with Crippen molar-refractivity contribution in [3.63, 3.8) is 0 Å². The summed E-state index contributed by atoms with van der Waals surface area (Å²) in [6.07, 6.45) is 0.119. The Morgan fingerprint density at radius 2 is 1.64 bits per heavy atom. The highest BCUT2D eigenvalue weighted by molar-refractivity contribution is 7.89. The lowest BCUT2D eigenvalue weighted by Gasteiger charge is -2.22. The average molecular weight is 326 g/mol. The van der Waals surface area contributed by atoms with Crippen molar-refractivity contribution in [2.75, 3.05) is 13.6 Å². The van der Waals surface area contributed by atoms with Crippen LogP contribution in [0.5, 0.6) is 0 Å². The monoisotopic (exact) mass is 326 g/mol. The van der Waals surface area contributed by atoms with Crippen LogP contribution in [0.3, 0.4) is 0 Å². The molecule has 0 atom stereocenters. The fraction of sp³-hybridized carbons (Fsp3) is 0.562. The third-order valence-electron chi connectivity index (χ3n) is 3.52. The van der Waals surface area contributed by atoms with Gasteiger partial charge in [-0.25, -0.2) is 13.1 Å². The van der Waals surface area contributed by atoms with Gasteiger partial charge >= 0.3 is 0 Å². The summed E-state index contributed by atoms with van der Waals surface area (Å²) in [4.78, 5) is 11.5. The summed E-state index contributed by atoms with van der Waals surface area (Å²) in [7, 11) is -2.09. The van der Waals surface area contributed by atoms with Crippen molar-refractivity contribution in [3.8, 4) is 0 Å². The smallest absolute Gasteiger partial charge is 0.241 e. The molecule has 1 aromatic carbocycles. The average Bonchev–Trinajstić information content (AvgIpc) is 2.35. The van der Waals surface area contributed by atoms with Gasteiger partial charge in [-0.3, -0.25) is 4.79 Å². The van der Waals surface area contributed by atoms with Crippen LogP contribution < -0.4 is 10.0 Å². The van der Waals surface area contributed by atoms with Crippen LogP contribution in [0.1, 0.15) is 43.9 Å². The molecule has 1 amide bonds. The summed E-state index contributed by atoms with van der Waals surface area (Å²) >= 11 is 0. The maximum Gasteiger partial charge on any atom is 0.241 e. The number of amides is 1. The summed E-state index contributed by atoms with van der Waals surface area (Å²) < 4.78 is 27.4. The molecule has 0 aliphatic rings. The second-order valence-corrected chi connectivity index (χ2v) is 8.21. The van der Waals surface area contributed by atoms with E-state index in [2.05, 4.69) is 30.8 Å². The molecular formula is C16H26N2O3S. The summed E-state index contributed by atoms with van der Waals surface area (Å²) in [6.45, 7) is 9.97. The highest BCUT2D eigenvalue weighted by Gasteiger charge is 2.23. The van der Waals surface area contributed by atoms with Gasteiger partial charge in [0.05, 0.1) is 4.90 Å². The molecule has 0 fully saturated rings. The van der Waals surface area contributed by atoms with E-state index in [4.69, 9.17) is 0 Å². The standard InChI is InChI=1S/C16H26N2O3S/c1-11-9-13(16(3,4)5)10-12(2)15(11)22(20,21)18-8-7-14(19)17-6/h9-10,18H,7-8H2,1-6H3,(H,17,19). The van der Waals surface area contributed by atoms with Crippen molar-refractivity contribution in [2.45, 2.75) is 51.3 Å². The molecule has 0 radical (unpaired) electrons. The molecule has 22 heavy (non-hydrogen) atoms. The first-order chi connectivity index (χ1) is 9.99. The first kappa shape index (κ1) is 18.6. The molecule has 0 saturated heterocycles. The largest absolute Gasteiger partial charge is 0.359 e. The maximum atomic E-state index is 12.5. The lowest BCUT2D eigenvalue weighted by molar-refractivity contribution is -0.120. The van der Waals surface area contributed by atoms with E-state index in [1.165, 1.54) is 7.05 Å². The summed E-state index contributed by atoms with van der Waals surface area (Å²) in [5.74, 6) is -0.195. The molecular weight excluding hydrogens is 300 g/mol. The number of benzene rings is 1. The molecule has 0 bridgehead atoms. The van der Waals surface area contributed by atoms with Crippen molar-refractivity contribution < 1.29 is 13.2 Å². The summed E-state index contributed by atoms with van der Waals surface area (Å²) in [5, 5.41) is 2.46. The van der Waals surface area contributed by atoms with Crippen LogP contribution in [0.15, 0.2) is 17.0 Å². The van der Waals surface area contributed by atoms with Gasteiger partial charge in [0.1, 0.15) is 0 Å². The van der Waals surface area contributed by atoms with Gasteiger partial charge in [0.15, 0.2) is 0 Å². The molecule has 2 N–H and O–H groups in total. The summed E-state index contributed by atoms with van der Waals surface area (Å²) in [5.41, 5.74) is 2.51. The number of hydrogen-bond donors (Lipinski definition) is 2. The molecule has 6 heteroatoms. The number of carbonyl (C=O) groups excluding carboxylic acids is 1. The lowest BCUT2D eigenvalue weighted by Crippen LogP contribution is -2.30. The van der Waals surface area contributed by atoms with Crippen LogP contribution in [0, 0.1) is 13.8 Å². The van der Waals surface area contributed by atoms with E-state index >= 15 is 0 Å². The van der Waals surface area contributed by atoms with Crippen molar-refractivity contribution in [2.24, 2.45) is 0 Å². The molecule has 0 aromatic heterocycles. The zero-order chi connectivity index (χ0) is 17.1. The molecule has 0 aliphatic carbocycles. The number of rotatable bonds is 5. The van der Waals surface area contributed by atoms with Crippen LogP contribution >= 0.6 is 0 Å². The molecule has 0 heterocycles. The minimum atomic E-state index is -3.62. The predicted molar refractivity (Wildman–Crippen MR) is 88.5 cm³/mol. The van der Waals surface area contributed by atoms with Gasteiger partial charge in [0, 0.05) is 20.0 Å². The molecule has 0 spiro atoms. The van der Waals surface area contributed by atoms with Crippen molar-refractivity contribution in [3.05, 3.63) is 28.8 Å². The fourth-order valence-corrected chi connectivity index (χ4v) is 3.78. The zero-order valence-corrected chi connectivity index (χ0v) is 15.0. The lowest BCUT2D eigenvalue weighted by atomic mass is 9.85. The van der Waals surface area contributed by atoms with Gasteiger partial charge in [0.25, 0.3) is 0 Å². The van der Waals surface area contributed by atoms with E-state index in [0.717, 1.165) is 16.7 Å². The maximum absolute atomic E-state index is 12.5. The first-order valence-corrected chi connectivity index (χ1v) is 8.79. The third kappa shape index (κ3) is 4.55. The number of hydrogen-bond acceptors (Lipinski definition) is 3. The highest BCUT2D eigenvalue weighted by Crippen LogP contribution is 2.29. The van der Waals surface area contributed by atoms with E-state index in [0.29, 0.717) is 4.90 Å². The van der Waals surface area contributed by atoms with Gasteiger partial charge in [-0.2, -0.15) is 0 Å². The second-order valence-electron chi connectivity index (χ2n) is 6.51. The topological polar surface area (TPSA) is 75.3 Å². The Hall–Kier alpha value is -1.40. The number of nitrogens with one attached hydrogen (secondary N) is 2. The van der Waals surface area contributed by atoms with E-state index in [9.17, 15) is 13.2 Å². The third-order valence-corrected chi connectivity index (χ3v) is 5.28. The van der Waals surface area contributed by atoms with Gasteiger partial charge in [-0.05, 0) is 36.0 Å². The molecule has 0 saturated carbocycles. The highest BCUT2D eigenvalue weighted by atomic mass is 32.2. The predicted octanol–water partition coefficient (Wildman–Crippen LogP) is 2.02. The SMILES string of the molecule is CNC(=O)CCNS(=O)(=O)c1c(C)cc(C(C)(C)C)cc1C. The van der Waals surface area contributed by atoms with Crippen LogP contribution in [-0.2, 0) is 20.2 Å². The van der Waals surface area contributed by atoms with Crippen molar-refractivity contribution in [1.29, 1.82) is 0 Å². The Morgan fingerprint density at radius 1 is 1.14 bits per heavy atom. The Balaban J connectivity index is 3.08. The Bertz CT molecular complexity index is 635. The van der Waals surface area contributed by atoms with E-state index in [1.54, 1.807) is 13.8 Å². The zero-order valence-electron chi connectivity index (χ0n) is 14.2. The molecule has 1 aromatic rings. The molecule has 1 rings (SSSR count). The number of sulfonamides is 1. The van der Waals surface area contributed by atoms with Crippen molar-refractivity contribution in [1.82, 2.24) is 10.0 Å². The minimum Gasteiger partial charge on any atom is -0.359 e. The van der Waals surface area contributed by atoms with Crippen molar-refractivity contribution >= 4 is 15.9 Å². The first-order valence-electron chi connectivity index (χ1n) is 7.31. The van der Waals surface area contributed by atoms with Crippen LogP contribution in [0.2, 0.25) is 0 Å². The second kappa shape index (κ2) is 6.79. The number of aryl methyl sites for hydroxylation is 2. The Kier molecular flexibility index (Phi) is 5.76. The van der Waals surface area contributed by atoms with Gasteiger partial charge in [0.2, 0.25) is 15.9 Å².